The molecule has 1 unspecified atom stereocenters. The molecule has 2 aliphatic carbocycles. The van der Waals surface area contributed by atoms with E-state index in [1.807, 2.05) is 66.7 Å². The highest BCUT2D eigenvalue weighted by Crippen LogP contribution is 2.63. The fraction of sp³-hybridized carbons (Fsp3) is 0.0189. The lowest BCUT2D eigenvalue weighted by molar-refractivity contribution is 0.592. The summed E-state index contributed by atoms with van der Waals surface area (Å²) in [5.74, 6) is 0.708. The van der Waals surface area contributed by atoms with Crippen molar-refractivity contribution < 1.29 is 4.57 Å². The molecule has 0 aliphatic heterocycles. The van der Waals surface area contributed by atoms with Gasteiger partial charge in [0, 0.05) is 32.6 Å². The van der Waals surface area contributed by atoms with Gasteiger partial charge in [0.15, 0.2) is 13.0 Å². The summed E-state index contributed by atoms with van der Waals surface area (Å²) >= 11 is 0. The lowest BCUT2D eigenvalue weighted by Crippen LogP contribution is -2.27. The van der Waals surface area contributed by atoms with Crippen LogP contribution >= 0.6 is 7.14 Å². The smallest absolute Gasteiger partial charge is 0.171 e. The second kappa shape index (κ2) is 13.1. The fourth-order valence-corrected chi connectivity index (χ4v) is 11.9. The molecule has 0 amide bonds. The van der Waals surface area contributed by atoms with Gasteiger partial charge in [0.2, 0.25) is 0 Å². The molecular formula is C53H35N2OP. The van der Waals surface area contributed by atoms with Crippen molar-refractivity contribution in [3.8, 4) is 56.0 Å². The van der Waals surface area contributed by atoms with Crippen molar-refractivity contribution in [2.45, 2.75) is 5.41 Å². The highest BCUT2D eigenvalue weighted by atomic mass is 31.2. The van der Waals surface area contributed by atoms with E-state index in [4.69, 9.17) is 9.97 Å². The van der Waals surface area contributed by atoms with Gasteiger partial charge >= 0.3 is 0 Å². The van der Waals surface area contributed by atoms with E-state index in [0.29, 0.717) is 5.82 Å². The molecule has 268 valence electrons. The summed E-state index contributed by atoms with van der Waals surface area (Å²) in [5.41, 5.74) is 13.7. The molecule has 1 spiro atoms. The minimum Gasteiger partial charge on any atom is -0.309 e. The first-order valence-electron chi connectivity index (χ1n) is 19.4. The van der Waals surface area contributed by atoms with Crippen LogP contribution in [0.25, 0.3) is 56.0 Å². The molecule has 8 aromatic carbocycles. The van der Waals surface area contributed by atoms with E-state index in [0.717, 1.165) is 60.7 Å². The highest BCUT2D eigenvalue weighted by Gasteiger charge is 2.54. The van der Waals surface area contributed by atoms with Gasteiger partial charge in [0.05, 0.1) is 16.8 Å². The fourth-order valence-electron chi connectivity index (χ4n) is 9.26. The number of hydrogen-bond donors (Lipinski definition) is 0. The quantitative estimate of drug-likeness (QED) is 0.159. The molecule has 0 saturated heterocycles. The zero-order valence-electron chi connectivity index (χ0n) is 31.0. The third-order valence-electron chi connectivity index (χ3n) is 11.8. The van der Waals surface area contributed by atoms with Crippen molar-refractivity contribution >= 4 is 23.1 Å². The van der Waals surface area contributed by atoms with Crippen LogP contribution in [0.15, 0.2) is 212 Å². The molecule has 11 rings (SSSR count). The van der Waals surface area contributed by atoms with Crippen LogP contribution in [-0.4, -0.2) is 9.97 Å². The summed E-state index contributed by atoms with van der Waals surface area (Å²) in [6.07, 6.45) is 0. The van der Waals surface area contributed by atoms with Gasteiger partial charge in [-0.3, -0.25) is 0 Å². The number of fused-ring (bicyclic) bond motifs is 10. The third-order valence-corrected chi connectivity index (χ3v) is 14.9. The van der Waals surface area contributed by atoms with Gasteiger partial charge in [-0.2, -0.15) is 0 Å². The van der Waals surface area contributed by atoms with E-state index in [-0.39, 0.29) is 0 Å². The summed E-state index contributed by atoms with van der Waals surface area (Å²) in [7, 11) is -3.11. The lowest BCUT2D eigenvalue weighted by atomic mass is 9.72. The summed E-state index contributed by atoms with van der Waals surface area (Å²) in [4.78, 5) is 11.0. The number of hydrogen-bond acceptors (Lipinski definition) is 3. The first kappa shape index (κ1) is 33.4. The van der Waals surface area contributed by atoms with Gasteiger partial charge < -0.3 is 4.57 Å². The van der Waals surface area contributed by atoms with Crippen LogP contribution in [-0.2, 0) is 9.98 Å². The number of nitrogens with zero attached hydrogens (tertiary/aromatic N) is 2. The predicted molar refractivity (Wildman–Crippen MR) is 234 cm³/mol. The molecule has 57 heavy (non-hydrogen) atoms. The monoisotopic (exact) mass is 746 g/mol. The molecular weight excluding hydrogens is 712 g/mol. The molecule has 1 aromatic heterocycles. The molecule has 1 heterocycles. The van der Waals surface area contributed by atoms with Crippen LogP contribution in [0.3, 0.4) is 0 Å². The zero-order chi connectivity index (χ0) is 38.0. The highest BCUT2D eigenvalue weighted by molar-refractivity contribution is 7.85. The normalized spacial score (nSPS) is 14.8. The minimum absolute atomic E-state index is 0.680. The number of aromatic nitrogens is 2. The molecule has 0 N–H and O–H groups in total. The minimum atomic E-state index is -3.11. The molecule has 2 aliphatic rings. The van der Waals surface area contributed by atoms with E-state index in [1.165, 1.54) is 27.8 Å². The topological polar surface area (TPSA) is 42.9 Å². The lowest BCUT2D eigenvalue weighted by Gasteiger charge is -2.30. The second-order valence-corrected chi connectivity index (χ2v) is 17.5. The van der Waals surface area contributed by atoms with Crippen molar-refractivity contribution in [2.24, 2.45) is 0 Å². The second-order valence-electron chi connectivity index (χ2n) is 14.8. The first-order valence-corrected chi connectivity index (χ1v) is 21.1. The van der Waals surface area contributed by atoms with Crippen LogP contribution in [0, 0.1) is 0 Å². The molecule has 3 nitrogen and oxygen atoms in total. The standard InChI is InChI=1S/C53H35N2OP/c56-57(40-21-9-3-10-22-40,41-23-11-4-12-24-41)42-32-29-36(30-33-42)39-31-34-44-43-25-13-15-27-46(43)53(48(44)35-39)47-28-16-14-26-45(47)49-50(37-17-5-1-6-18-37)54-52(55-51(49)53)38-19-7-2-8-20-38/h1-35H. The van der Waals surface area contributed by atoms with Crippen molar-refractivity contribution in [3.05, 3.63) is 235 Å². The van der Waals surface area contributed by atoms with Gasteiger partial charge in [-0.1, -0.05) is 206 Å². The molecule has 0 bridgehead atoms. The van der Waals surface area contributed by atoms with E-state index in [9.17, 15) is 0 Å². The molecule has 0 saturated carbocycles. The first-order chi connectivity index (χ1) is 28.2. The Morgan fingerprint density at radius 1 is 0.368 bits per heavy atom. The van der Waals surface area contributed by atoms with Gasteiger partial charge in [-0.15, -0.1) is 0 Å². The van der Waals surface area contributed by atoms with Crippen molar-refractivity contribution in [2.75, 3.05) is 0 Å². The van der Waals surface area contributed by atoms with Crippen molar-refractivity contribution in [3.63, 3.8) is 0 Å². The van der Waals surface area contributed by atoms with Crippen LogP contribution in [0.2, 0.25) is 0 Å². The van der Waals surface area contributed by atoms with E-state index in [1.54, 1.807) is 0 Å². The predicted octanol–water partition coefficient (Wildman–Crippen LogP) is 11.5. The average Bonchev–Trinajstić information content (AvgIpc) is 3.77. The Kier molecular flexibility index (Phi) is 7.67. The number of benzene rings is 8. The van der Waals surface area contributed by atoms with Crippen LogP contribution in [0.1, 0.15) is 22.4 Å². The Labute approximate surface area is 332 Å². The van der Waals surface area contributed by atoms with Crippen LogP contribution in [0.5, 0.6) is 0 Å². The number of rotatable bonds is 6. The molecule has 1 atom stereocenters. The van der Waals surface area contributed by atoms with Crippen molar-refractivity contribution in [1.29, 1.82) is 0 Å². The van der Waals surface area contributed by atoms with E-state index < -0.39 is 12.6 Å². The summed E-state index contributed by atoms with van der Waals surface area (Å²) < 4.78 is 15.2. The summed E-state index contributed by atoms with van der Waals surface area (Å²) in [5, 5.41) is 2.46. The SMILES string of the molecule is O=P(c1ccccc1)(c1ccccc1)c1ccc(-c2ccc3c(c2)C2(c4ccccc4-3)c3ccccc3-c3c(-c4ccccc4)nc(-c4ccccc4)nc32)cc1. The Bertz CT molecular complexity index is 2980. The van der Waals surface area contributed by atoms with E-state index in [2.05, 4.69) is 146 Å². The largest absolute Gasteiger partial charge is 0.309 e. The molecule has 4 heteroatoms. The maximum atomic E-state index is 15.2. The Balaban J connectivity index is 1.14. The van der Waals surface area contributed by atoms with Gasteiger partial charge in [-0.05, 0) is 50.6 Å². The third kappa shape index (κ3) is 4.96. The van der Waals surface area contributed by atoms with Crippen LogP contribution < -0.4 is 15.9 Å². The zero-order valence-corrected chi connectivity index (χ0v) is 31.9. The maximum Gasteiger partial charge on any atom is 0.171 e. The maximum absolute atomic E-state index is 15.2. The molecule has 9 aromatic rings. The van der Waals surface area contributed by atoms with Crippen molar-refractivity contribution in [1.82, 2.24) is 9.97 Å². The Hall–Kier alpha value is -6.93. The van der Waals surface area contributed by atoms with Gasteiger partial charge in [0.25, 0.3) is 0 Å². The summed E-state index contributed by atoms with van der Waals surface area (Å²) in [6.45, 7) is 0. The van der Waals surface area contributed by atoms with E-state index >= 15 is 4.57 Å². The van der Waals surface area contributed by atoms with Gasteiger partial charge in [-0.25, -0.2) is 9.97 Å². The Morgan fingerprint density at radius 3 is 1.47 bits per heavy atom. The van der Waals surface area contributed by atoms with Crippen LogP contribution in [0.4, 0.5) is 0 Å². The molecule has 0 radical (unpaired) electrons. The molecule has 0 fully saturated rings. The summed E-state index contributed by atoms with van der Waals surface area (Å²) in [6, 6.07) is 73.4. The average molecular weight is 747 g/mol. The Morgan fingerprint density at radius 2 is 0.842 bits per heavy atom. The van der Waals surface area contributed by atoms with Gasteiger partial charge in [0.1, 0.15) is 0 Å².